The Balaban J connectivity index is 1.86. The molecule has 0 bridgehead atoms. The normalized spacial score (nSPS) is 23.1. The number of urea groups is 1. The van der Waals surface area contributed by atoms with E-state index in [-0.39, 0.29) is 19.1 Å². The Bertz CT molecular complexity index is 447. The smallest absolute Gasteiger partial charge is 0.317 e. The van der Waals surface area contributed by atoms with Crippen molar-refractivity contribution in [2.75, 3.05) is 13.1 Å². The van der Waals surface area contributed by atoms with Crippen molar-refractivity contribution in [3.8, 4) is 0 Å². The van der Waals surface area contributed by atoms with E-state index in [1.54, 1.807) is 6.92 Å². The number of tetrazole rings is 1. The minimum Gasteiger partial charge on any atom is -0.481 e. The van der Waals surface area contributed by atoms with Crippen molar-refractivity contribution in [3.63, 3.8) is 0 Å². The average Bonchev–Trinajstić information content (AvgIpc) is 2.95. The molecule has 0 radical (unpaired) electrons. The summed E-state index contributed by atoms with van der Waals surface area (Å²) in [6.07, 6.45) is 0.456. The molecule has 1 atom stereocenters. The lowest BCUT2D eigenvalue weighted by atomic mass is 9.90. The van der Waals surface area contributed by atoms with Crippen LogP contribution in [-0.2, 0) is 11.3 Å². The number of nitrogens with zero attached hydrogens (tertiary/aromatic N) is 4. The van der Waals surface area contributed by atoms with Gasteiger partial charge in [0.05, 0.1) is 12.0 Å². The average molecular weight is 254 g/mol. The highest BCUT2D eigenvalue weighted by atomic mass is 16.4. The van der Waals surface area contributed by atoms with Crippen LogP contribution in [0.3, 0.4) is 0 Å². The zero-order chi connectivity index (χ0) is 13.2. The maximum atomic E-state index is 11.8. The third-order valence-corrected chi connectivity index (χ3v) is 3.06. The largest absolute Gasteiger partial charge is 0.481 e. The lowest BCUT2D eigenvalue weighted by Crippen LogP contribution is -2.40. The number of carbonyl (C=O) groups is 2. The van der Waals surface area contributed by atoms with Gasteiger partial charge in [-0.2, -0.15) is 5.21 Å². The fourth-order valence-electron chi connectivity index (χ4n) is 1.83. The van der Waals surface area contributed by atoms with Crippen LogP contribution in [0.25, 0.3) is 0 Å². The molecule has 1 aromatic heterocycles. The van der Waals surface area contributed by atoms with Crippen LogP contribution < -0.4 is 5.32 Å². The Hall–Kier alpha value is -2.19. The molecule has 1 saturated heterocycles. The van der Waals surface area contributed by atoms with E-state index in [9.17, 15) is 9.59 Å². The number of rotatable bonds is 3. The maximum Gasteiger partial charge on any atom is 0.317 e. The van der Waals surface area contributed by atoms with Crippen LogP contribution in [0.2, 0.25) is 0 Å². The van der Waals surface area contributed by atoms with Gasteiger partial charge >= 0.3 is 12.0 Å². The molecule has 0 aliphatic carbocycles. The first-order valence-corrected chi connectivity index (χ1v) is 5.50. The molecule has 3 N–H and O–H groups in total. The van der Waals surface area contributed by atoms with E-state index < -0.39 is 11.4 Å². The predicted octanol–water partition coefficient (Wildman–Crippen LogP) is -0.794. The molecule has 98 valence electrons. The number of hydrogen-bond donors (Lipinski definition) is 3. The molecule has 9 heteroatoms. The Morgan fingerprint density at radius 3 is 2.94 bits per heavy atom. The second-order valence-electron chi connectivity index (χ2n) is 4.52. The minimum absolute atomic E-state index is 0.162. The maximum absolute atomic E-state index is 11.8. The number of carboxylic acid groups (broad SMARTS) is 1. The number of carboxylic acids is 1. The highest BCUT2D eigenvalue weighted by Crippen LogP contribution is 2.29. The van der Waals surface area contributed by atoms with E-state index in [4.69, 9.17) is 5.11 Å². The number of nitrogens with one attached hydrogen (secondary N) is 2. The lowest BCUT2D eigenvalue weighted by molar-refractivity contribution is -0.146. The van der Waals surface area contributed by atoms with Gasteiger partial charge in [-0.15, -0.1) is 10.2 Å². The molecule has 1 aliphatic heterocycles. The number of carbonyl (C=O) groups excluding carboxylic acids is 1. The third-order valence-electron chi connectivity index (χ3n) is 3.06. The summed E-state index contributed by atoms with van der Waals surface area (Å²) in [7, 11) is 0. The van der Waals surface area contributed by atoms with Crippen molar-refractivity contribution in [3.05, 3.63) is 5.82 Å². The number of H-pyrrole nitrogens is 1. The topological polar surface area (TPSA) is 124 Å². The zero-order valence-corrected chi connectivity index (χ0v) is 9.88. The van der Waals surface area contributed by atoms with E-state index in [0.717, 1.165) is 0 Å². The second-order valence-corrected chi connectivity index (χ2v) is 4.52. The second kappa shape index (κ2) is 4.59. The summed E-state index contributed by atoms with van der Waals surface area (Å²) < 4.78 is 0. The van der Waals surface area contributed by atoms with Crippen LogP contribution >= 0.6 is 0 Å². The summed E-state index contributed by atoms with van der Waals surface area (Å²) in [5.41, 5.74) is -0.858. The summed E-state index contributed by atoms with van der Waals surface area (Å²) in [6, 6.07) is -0.315. The molecule has 1 unspecified atom stereocenters. The Labute approximate surface area is 103 Å². The van der Waals surface area contributed by atoms with Crippen molar-refractivity contribution in [2.24, 2.45) is 5.41 Å². The van der Waals surface area contributed by atoms with Crippen LogP contribution in [0.1, 0.15) is 19.2 Å². The predicted molar refractivity (Wildman–Crippen MR) is 58.3 cm³/mol. The summed E-state index contributed by atoms with van der Waals surface area (Å²) in [5.74, 6) is -0.500. The number of aliphatic carboxylic acids is 1. The minimum atomic E-state index is -0.879. The number of aromatic amines is 1. The lowest BCUT2D eigenvalue weighted by Gasteiger charge is -2.20. The van der Waals surface area contributed by atoms with Gasteiger partial charge in [-0.25, -0.2) is 4.79 Å². The monoisotopic (exact) mass is 254 g/mol. The zero-order valence-electron chi connectivity index (χ0n) is 9.88. The first kappa shape index (κ1) is 12.3. The Kier molecular flexibility index (Phi) is 3.13. The highest BCUT2D eigenvalue weighted by Gasteiger charge is 2.42. The molecule has 18 heavy (non-hydrogen) atoms. The molecule has 0 saturated carbocycles. The molecule has 1 aromatic rings. The van der Waals surface area contributed by atoms with Gasteiger partial charge in [-0.05, 0) is 13.3 Å². The van der Waals surface area contributed by atoms with Gasteiger partial charge in [0, 0.05) is 13.1 Å². The summed E-state index contributed by atoms with van der Waals surface area (Å²) in [4.78, 5) is 24.3. The molecule has 1 fully saturated rings. The van der Waals surface area contributed by atoms with E-state index >= 15 is 0 Å². The van der Waals surface area contributed by atoms with Gasteiger partial charge < -0.3 is 15.3 Å². The van der Waals surface area contributed by atoms with Gasteiger partial charge in [-0.1, -0.05) is 5.21 Å². The number of aromatic nitrogens is 4. The van der Waals surface area contributed by atoms with E-state index in [1.807, 2.05) is 0 Å². The van der Waals surface area contributed by atoms with Crippen LogP contribution in [0.15, 0.2) is 0 Å². The fraction of sp³-hybridized carbons (Fsp3) is 0.667. The molecule has 0 aromatic carbocycles. The van der Waals surface area contributed by atoms with E-state index in [0.29, 0.717) is 18.8 Å². The molecular weight excluding hydrogens is 240 g/mol. The van der Waals surface area contributed by atoms with Gasteiger partial charge in [0.2, 0.25) is 0 Å². The van der Waals surface area contributed by atoms with Crippen molar-refractivity contribution in [2.45, 2.75) is 19.9 Å². The van der Waals surface area contributed by atoms with Crippen molar-refractivity contribution >= 4 is 12.0 Å². The molecular formula is C9H14N6O3. The van der Waals surface area contributed by atoms with Crippen LogP contribution in [0.4, 0.5) is 4.79 Å². The van der Waals surface area contributed by atoms with Crippen LogP contribution in [0, 0.1) is 5.41 Å². The van der Waals surface area contributed by atoms with Gasteiger partial charge in [0.25, 0.3) is 0 Å². The molecule has 9 nitrogen and oxygen atoms in total. The fourth-order valence-corrected chi connectivity index (χ4v) is 1.83. The first-order chi connectivity index (χ1) is 8.51. The van der Waals surface area contributed by atoms with Gasteiger partial charge in [-0.3, -0.25) is 4.79 Å². The standard InChI is InChI=1S/C9H14N6O3/c1-9(7(16)17)2-3-15(5-9)8(18)10-4-6-11-13-14-12-6/h2-5H2,1H3,(H,10,18)(H,16,17)(H,11,12,13,14). The molecule has 2 heterocycles. The van der Waals surface area contributed by atoms with Crippen molar-refractivity contribution in [1.29, 1.82) is 0 Å². The van der Waals surface area contributed by atoms with Crippen molar-refractivity contribution < 1.29 is 14.7 Å². The van der Waals surface area contributed by atoms with Crippen LogP contribution in [0.5, 0.6) is 0 Å². The third kappa shape index (κ3) is 2.39. The van der Waals surface area contributed by atoms with Gasteiger partial charge in [0.1, 0.15) is 0 Å². The molecule has 1 aliphatic rings. The molecule has 0 spiro atoms. The number of amides is 2. The summed E-state index contributed by atoms with van der Waals surface area (Å²) in [6.45, 7) is 2.44. The van der Waals surface area contributed by atoms with Gasteiger partial charge in [0.15, 0.2) is 5.82 Å². The number of hydrogen-bond acceptors (Lipinski definition) is 5. The Morgan fingerprint density at radius 2 is 2.39 bits per heavy atom. The molecule has 2 amide bonds. The van der Waals surface area contributed by atoms with E-state index in [1.165, 1.54) is 4.90 Å². The van der Waals surface area contributed by atoms with E-state index in [2.05, 4.69) is 25.9 Å². The Morgan fingerprint density at radius 1 is 1.61 bits per heavy atom. The van der Waals surface area contributed by atoms with Crippen molar-refractivity contribution in [1.82, 2.24) is 30.8 Å². The highest BCUT2D eigenvalue weighted by molar-refractivity contribution is 5.79. The van der Waals surface area contributed by atoms with Crippen LogP contribution in [-0.4, -0.2) is 55.7 Å². The first-order valence-electron chi connectivity index (χ1n) is 5.50. The summed E-state index contributed by atoms with van der Waals surface area (Å²) in [5, 5.41) is 24.7. The summed E-state index contributed by atoms with van der Waals surface area (Å²) >= 11 is 0. The molecule has 2 rings (SSSR count). The number of likely N-dealkylation sites (tertiary alicyclic amines) is 1. The quantitative estimate of drug-likeness (QED) is 0.649. The SMILES string of the molecule is CC1(C(=O)O)CCN(C(=O)NCc2nn[nH]n2)C1.